The predicted octanol–water partition coefficient (Wildman–Crippen LogP) is 2.93. The van der Waals surface area contributed by atoms with Crippen LogP contribution in [0.2, 0.25) is 5.02 Å². The number of primary amides is 1. The Balaban J connectivity index is 2.10. The van der Waals surface area contributed by atoms with Crippen molar-refractivity contribution in [1.29, 1.82) is 0 Å². The van der Waals surface area contributed by atoms with Crippen molar-refractivity contribution >= 4 is 39.3 Å². The van der Waals surface area contributed by atoms with E-state index in [4.69, 9.17) is 17.3 Å². The van der Waals surface area contributed by atoms with Crippen LogP contribution in [0.15, 0.2) is 53.0 Å². The van der Waals surface area contributed by atoms with Crippen molar-refractivity contribution in [3.63, 3.8) is 0 Å². The number of nitrogens with two attached hydrogens (primary N) is 1. The summed E-state index contributed by atoms with van der Waals surface area (Å²) >= 11 is 9.13. The number of hydrogen-bond acceptors (Lipinski definition) is 2. The molecule has 0 aliphatic rings. The fraction of sp³-hybridized carbons (Fsp3) is 0.125. The van der Waals surface area contributed by atoms with Gasteiger partial charge >= 0.3 is 0 Å². The van der Waals surface area contributed by atoms with Crippen molar-refractivity contribution in [2.24, 2.45) is 5.73 Å². The number of carbonyl (C=O) groups excluding carboxylic acids is 2. The Hall–Kier alpha value is -1.85. The van der Waals surface area contributed by atoms with Crippen LogP contribution in [-0.4, -0.2) is 17.9 Å². The van der Waals surface area contributed by atoms with Crippen LogP contribution >= 0.6 is 27.5 Å². The molecular weight excluding hydrogens is 368 g/mol. The predicted molar refractivity (Wildman–Crippen MR) is 89.7 cm³/mol. The summed E-state index contributed by atoms with van der Waals surface area (Å²) < 4.78 is 0.786. The lowest BCUT2D eigenvalue weighted by molar-refractivity contribution is -0.119. The zero-order chi connectivity index (χ0) is 16.1. The Morgan fingerprint density at radius 3 is 2.45 bits per heavy atom. The Bertz CT molecular complexity index is 689. The molecule has 114 valence electrons. The molecule has 4 nitrogen and oxygen atoms in total. The average molecular weight is 382 g/mol. The number of rotatable bonds is 5. The van der Waals surface area contributed by atoms with Gasteiger partial charge in [-0.1, -0.05) is 45.7 Å². The Morgan fingerprint density at radius 1 is 1.18 bits per heavy atom. The second-order valence-electron chi connectivity index (χ2n) is 4.77. The van der Waals surface area contributed by atoms with Crippen LogP contribution in [0.5, 0.6) is 0 Å². The molecule has 0 saturated heterocycles. The number of amides is 2. The first-order valence-corrected chi connectivity index (χ1v) is 7.73. The Morgan fingerprint density at radius 2 is 1.86 bits per heavy atom. The second kappa shape index (κ2) is 7.42. The van der Waals surface area contributed by atoms with Crippen molar-refractivity contribution in [3.05, 3.63) is 69.2 Å². The zero-order valence-electron chi connectivity index (χ0n) is 11.6. The quantitative estimate of drug-likeness (QED) is 0.836. The third kappa shape index (κ3) is 4.58. The minimum absolute atomic E-state index is 0.312. The van der Waals surface area contributed by atoms with Crippen molar-refractivity contribution in [2.45, 2.75) is 12.5 Å². The van der Waals surface area contributed by atoms with Crippen LogP contribution in [0, 0.1) is 0 Å². The molecule has 3 N–H and O–H groups in total. The summed E-state index contributed by atoms with van der Waals surface area (Å²) in [5.74, 6) is -0.933. The summed E-state index contributed by atoms with van der Waals surface area (Å²) in [7, 11) is 0. The molecule has 22 heavy (non-hydrogen) atoms. The van der Waals surface area contributed by atoms with Crippen molar-refractivity contribution < 1.29 is 9.59 Å². The third-order valence-electron chi connectivity index (χ3n) is 3.09. The van der Waals surface area contributed by atoms with E-state index in [0.29, 0.717) is 17.0 Å². The van der Waals surface area contributed by atoms with Gasteiger partial charge in [-0.3, -0.25) is 9.59 Å². The van der Waals surface area contributed by atoms with E-state index < -0.39 is 11.9 Å². The lowest BCUT2D eigenvalue weighted by Gasteiger charge is -2.16. The Labute approximate surface area is 141 Å². The van der Waals surface area contributed by atoms with Gasteiger partial charge < -0.3 is 11.1 Å². The molecule has 2 aromatic rings. The summed E-state index contributed by atoms with van der Waals surface area (Å²) in [6, 6.07) is 13.2. The highest BCUT2D eigenvalue weighted by molar-refractivity contribution is 9.10. The first-order valence-electron chi connectivity index (χ1n) is 6.56. The van der Waals surface area contributed by atoms with Gasteiger partial charge in [0.15, 0.2) is 0 Å². The van der Waals surface area contributed by atoms with Crippen LogP contribution in [-0.2, 0) is 11.2 Å². The molecule has 2 amide bonds. The standard InChI is InChI=1S/C16H14BrClN2O2/c17-12-3-1-2-11(9-12)16(22)20-14(15(19)21)8-10-4-6-13(18)7-5-10/h1-7,9,14H,8H2,(H2,19,21)(H,20,22)/t14-/m1/s1. The first kappa shape index (κ1) is 16.5. The van der Waals surface area contributed by atoms with E-state index in [0.717, 1.165) is 10.0 Å². The van der Waals surface area contributed by atoms with E-state index >= 15 is 0 Å². The number of hydrogen-bond donors (Lipinski definition) is 2. The van der Waals surface area contributed by atoms with Crippen molar-refractivity contribution in [1.82, 2.24) is 5.32 Å². The maximum absolute atomic E-state index is 12.2. The molecule has 0 aliphatic heterocycles. The number of nitrogens with one attached hydrogen (secondary N) is 1. The molecule has 0 spiro atoms. The van der Waals surface area contributed by atoms with E-state index in [1.807, 2.05) is 6.07 Å². The lowest BCUT2D eigenvalue weighted by Crippen LogP contribution is -2.45. The van der Waals surface area contributed by atoms with Crippen LogP contribution in [0.4, 0.5) is 0 Å². The van der Waals surface area contributed by atoms with Crippen LogP contribution in [0.25, 0.3) is 0 Å². The number of carbonyl (C=O) groups is 2. The molecule has 0 aromatic heterocycles. The average Bonchev–Trinajstić information content (AvgIpc) is 2.48. The highest BCUT2D eigenvalue weighted by atomic mass is 79.9. The van der Waals surface area contributed by atoms with Crippen molar-refractivity contribution in [3.8, 4) is 0 Å². The molecule has 0 unspecified atom stereocenters. The first-order chi connectivity index (χ1) is 10.5. The number of halogens is 2. The number of benzene rings is 2. The highest BCUT2D eigenvalue weighted by Gasteiger charge is 2.19. The van der Waals surface area contributed by atoms with E-state index in [2.05, 4.69) is 21.2 Å². The molecule has 2 aromatic carbocycles. The van der Waals surface area contributed by atoms with Crippen LogP contribution in [0.3, 0.4) is 0 Å². The molecule has 0 saturated carbocycles. The largest absolute Gasteiger partial charge is 0.368 e. The summed E-state index contributed by atoms with van der Waals surface area (Å²) in [5, 5.41) is 3.26. The normalized spacial score (nSPS) is 11.7. The van der Waals surface area contributed by atoms with Gasteiger partial charge in [0.2, 0.25) is 5.91 Å². The van der Waals surface area contributed by atoms with Gasteiger partial charge in [-0.05, 0) is 35.9 Å². The van der Waals surface area contributed by atoms with Gasteiger partial charge in [-0.2, -0.15) is 0 Å². The van der Waals surface area contributed by atoms with E-state index in [9.17, 15) is 9.59 Å². The lowest BCUT2D eigenvalue weighted by atomic mass is 10.0. The monoisotopic (exact) mass is 380 g/mol. The third-order valence-corrected chi connectivity index (χ3v) is 3.83. The molecule has 0 fully saturated rings. The summed E-state index contributed by atoms with van der Waals surface area (Å²) in [4.78, 5) is 23.8. The SMILES string of the molecule is NC(=O)[C@@H](Cc1ccc(Cl)cc1)NC(=O)c1cccc(Br)c1. The van der Waals surface area contributed by atoms with E-state index in [1.165, 1.54) is 0 Å². The summed E-state index contributed by atoms with van der Waals surface area (Å²) in [5.41, 5.74) is 6.70. The van der Waals surface area contributed by atoms with Gasteiger partial charge in [0.05, 0.1) is 0 Å². The molecule has 0 heterocycles. The molecule has 0 radical (unpaired) electrons. The minimum atomic E-state index is -0.785. The highest BCUT2D eigenvalue weighted by Crippen LogP contribution is 2.13. The molecule has 0 aliphatic carbocycles. The maximum atomic E-state index is 12.2. The second-order valence-corrected chi connectivity index (χ2v) is 6.12. The fourth-order valence-electron chi connectivity index (χ4n) is 1.95. The van der Waals surface area contributed by atoms with Crippen LogP contribution in [0.1, 0.15) is 15.9 Å². The molecule has 2 rings (SSSR count). The van der Waals surface area contributed by atoms with E-state index in [1.54, 1.807) is 42.5 Å². The topological polar surface area (TPSA) is 72.2 Å². The molecule has 6 heteroatoms. The van der Waals surface area contributed by atoms with Gasteiger partial charge in [0.25, 0.3) is 5.91 Å². The zero-order valence-corrected chi connectivity index (χ0v) is 13.9. The minimum Gasteiger partial charge on any atom is -0.368 e. The molecule has 0 bridgehead atoms. The molecule has 1 atom stereocenters. The van der Waals surface area contributed by atoms with E-state index in [-0.39, 0.29) is 5.91 Å². The summed E-state index contributed by atoms with van der Waals surface area (Å²) in [6.45, 7) is 0. The van der Waals surface area contributed by atoms with Gasteiger partial charge in [-0.25, -0.2) is 0 Å². The maximum Gasteiger partial charge on any atom is 0.251 e. The molecular formula is C16H14BrClN2O2. The van der Waals surface area contributed by atoms with Crippen molar-refractivity contribution in [2.75, 3.05) is 0 Å². The van der Waals surface area contributed by atoms with Crippen LogP contribution < -0.4 is 11.1 Å². The smallest absolute Gasteiger partial charge is 0.251 e. The Kier molecular flexibility index (Phi) is 5.57. The fourth-order valence-corrected chi connectivity index (χ4v) is 2.48. The van der Waals surface area contributed by atoms with Gasteiger partial charge in [-0.15, -0.1) is 0 Å². The van der Waals surface area contributed by atoms with Gasteiger partial charge in [0, 0.05) is 21.5 Å². The summed E-state index contributed by atoms with van der Waals surface area (Å²) in [6.07, 6.45) is 0.312. The van der Waals surface area contributed by atoms with Gasteiger partial charge in [0.1, 0.15) is 6.04 Å².